The molecule has 1 aliphatic rings. The van der Waals surface area contributed by atoms with Crippen molar-refractivity contribution in [2.24, 2.45) is 0 Å². The molecule has 20 heavy (non-hydrogen) atoms. The van der Waals surface area contributed by atoms with Crippen molar-refractivity contribution in [1.82, 2.24) is 19.7 Å². The Morgan fingerprint density at radius 2 is 2.05 bits per heavy atom. The molecule has 0 N–H and O–H groups in total. The second-order valence-electron chi connectivity index (χ2n) is 4.96. The number of carbonyl (C=O) groups excluding carboxylic acids is 1. The van der Waals surface area contributed by atoms with Crippen molar-refractivity contribution in [3.63, 3.8) is 0 Å². The van der Waals surface area contributed by atoms with Gasteiger partial charge >= 0.3 is 0 Å². The third-order valence-electron chi connectivity index (χ3n) is 3.72. The van der Waals surface area contributed by atoms with Crippen LogP contribution in [0.25, 0.3) is 0 Å². The van der Waals surface area contributed by atoms with Crippen LogP contribution < -0.4 is 0 Å². The van der Waals surface area contributed by atoms with E-state index in [1.807, 2.05) is 35.8 Å². The molecule has 6 heteroatoms. The van der Waals surface area contributed by atoms with Crippen LogP contribution in [0.1, 0.15) is 23.1 Å². The van der Waals surface area contributed by atoms with Crippen molar-refractivity contribution in [1.29, 1.82) is 0 Å². The molecule has 0 amide bonds. The first-order chi connectivity index (χ1) is 9.65. The van der Waals surface area contributed by atoms with Crippen molar-refractivity contribution in [2.45, 2.75) is 26.1 Å². The molecule has 0 aliphatic carbocycles. The molecule has 1 unspecified atom stereocenters. The van der Waals surface area contributed by atoms with Crippen LogP contribution in [0.15, 0.2) is 35.1 Å². The Balaban J connectivity index is 1.74. The van der Waals surface area contributed by atoms with Gasteiger partial charge in [0.15, 0.2) is 5.78 Å². The number of nitrogens with zero attached hydrogens (tertiary/aromatic N) is 4. The number of hydrogen-bond donors (Lipinski definition) is 0. The molecule has 2 heterocycles. The standard InChI is InChI=1S/C14H15BrN4O/c1-10(14(20)11-2-4-12(15)5-3-11)18-6-7-19-9-16-17-13(19)8-18/h2-5,9-10H,6-8H2,1H3. The van der Waals surface area contributed by atoms with E-state index < -0.39 is 0 Å². The molecule has 1 aliphatic heterocycles. The summed E-state index contributed by atoms with van der Waals surface area (Å²) in [6.07, 6.45) is 1.74. The molecule has 2 aromatic rings. The number of carbonyl (C=O) groups is 1. The first kappa shape index (κ1) is 13.5. The summed E-state index contributed by atoms with van der Waals surface area (Å²) >= 11 is 3.38. The average molecular weight is 335 g/mol. The summed E-state index contributed by atoms with van der Waals surface area (Å²) in [6.45, 7) is 4.30. The number of halogens is 1. The van der Waals surface area contributed by atoms with E-state index in [9.17, 15) is 4.79 Å². The van der Waals surface area contributed by atoms with Crippen LogP contribution in [0.4, 0.5) is 0 Å². The molecule has 3 rings (SSSR count). The van der Waals surface area contributed by atoms with Gasteiger partial charge in [0.05, 0.1) is 12.6 Å². The van der Waals surface area contributed by atoms with E-state index >= 15 is 0 Å². The van der Waals surface area contributed by atoms with E-state index in [-0.39, 0.29) is 11.8 Å². The lowest BCUT2D eigenvalue weighted by Gasteiger charge is -2.31. The molecule has 104 valence electrons. The van der Waals surface area contributed by atoms with Gasteiger partial charge in [-0.2, -0.15) is 0 Å². The minimum atomic E-state index is -0.151. The van der Waals surface area contributed by atoms with Crippen LogP contribution in [0.3, 0.4) is 0 Å². The maximum atomic E-state index is 12.5. The topological polar surface area (TPSA) is 51.0 Å². The second kappa shape index (κ2) is 5.46. The van der Waals surface area contributed by atoms with E-state index in [1.165, 1.54) is 0 Å². The summed E-state index contributed by atoms with van der Waals surface area (Å²) in [5, 5.41) is 7.99. The molecule has 1 atom stereocenters. The van der Waals surface area contributed by atoms with Crippen LogP contribution in [-0.2, 0) is 13.1 Å². The zero-order chi connectivity index (χ0) is 14.1. The molecule has 0 spiro atoms. The normalized spacial score (nSPS) is 16.7. The smallest absolute Gasteiger partial charge is 0.179 e. The van der Waals surface area contributed by atoms with Crippen molar-refractivity contribution >= 4 is 21.7 Å². The maximum Gasteiger partial charge on any atom is 0.179 e. The van der Waals surface area contributed by atoms with E-state index in [2.05, 4.69) is 31.0 Å². The highest BCUT2D eigenvalue weighted by atomic mass is 79.9. The van der Waals surface area contributed by atoms with Crippen LogP contribution in [0.2, 0.25) is 0 Å². The number of rotatable bonds is 3. The van der Waals surface area contributed by atoms with E-state index in [0.29, 0.717) is 6.54 Å². The number of aromatic nitrogens is 3. The largest absolute Gasteiger partial charge is 0.315 e. The first-order valence-electron chi connectivity index (χ1n) is 6.55. The van der Waals surface area contributed by atoms with Gasteiger partial charge in [0.25, 0.3) is 0 Å². The van der Waals surface area contributed by atoms with E-state index in [1.54, 1.807) is 6.33 Å². The molecular weight excluding hydrogens is 320 g/mol. The van der Waals surface area contributed by atoms with Crippen molar-refractivity contribution in [3.05, 3.63) is 46.5 Å². The monoisotopic (exact) mass is 334 g/mol. The molecular formula is C14H15BrN4O. The SMILES string of the molecule is CC(C(=O)c1ccc(Br)cc1)N1CCn2cnnc2C1. The number of Topliss-reactive ketones (excluding diaryl/α,β-unsaturated/α-hetero) is 1. The van der Waals surface area contributed by atoms with Crippen molar-refractivity contribution in [2.75, 3.05) is 6.54 Å². The number of hydrogen-bond acceptors (Lipinski definition) is 4. The van der Waals surface area contributed by atoms with Gasteiger partial charge in [0, 0.05) is 23.1 Å². The highest BCUT2D eigenvalue weighted by molar-refractivity contribution is 9.10. The number of benzene rings is 1. The lowest BCUT2D eigenvalue weighted by Crippen LogP contribution is -2.43. The van der Waals surface area contributed by atoms with Crippen LogP contribution in [0, 0.1) is 0 Å². The Morgan fingerprint density at radius 3 is 2.80 bits per heavy atom. The molecule has 0 saturated heterocycles. The van der Waals surface area contributed by atoms with Crippen LogP contribution >= 0.6 is 15.9 Å². The fraction of sp³-hybridized carbons (Fsp3) is 0.357. The Hall–Kier alpha value is -1.53. The van der Waals surface area contributed by atoms with Gasteiger partial charge in [-0.25, -0.2) is 0 Å². The molecule has 0 bridgehead atoms. The molecule has 0 saturated carbocycles. The van der Waals surface area contributed by atoms with Gasteiger partial charge in [-0.05, 0) is 19.1 Å². The van der Waals surface area contributed by atoms with Gasteiger partial charge in [-0.15, -0.1) is 10.2 Å². The Bertz CT molecular complexity index is 622. The summed E-state index contributed by atoms with van der Waals surface area (Å²) in [7, 11) is 0. The highest BCUT2D eigenvalue weighted by Gasteiger charge is 2.26. The predicted molar refractivity (Wildman–Crippen MR) is 78.4 cm³/mol. The lowest BCUT2D eigenvalue weighted by atomic mass is 10.0. The molecule has 1 aromatic heterocycles. The van der Waals surface area contributed by atoms with Gasteiger partial charge in [-0.1, -0.05) is 28.1 Å². The van der Waals surface area contributed by atoms with Crippen molar-refractivity contribution in [3.8, 4) is 0 Å². The second-order valence-corrected chi connectivity index (χ2v) is 5.87. The predicted octanol–water partition coefficient (Wildman–Crippen LogP) is 2.13. The van der Waals surface area contributed by atoms with Gasteiger partial charge in [0.2, 0.25) is 0 Å². The Kier molecular flexibility index (Phi) is 3.67. The number of ketones is 1. The molecule has 0 fully saturated rings. The van der Waals surface area contributed by atoms with Crippen molar-refractivity contribution < 1.29 is 4.79 Å². The summed E-state index contributed by atoms with van der Waals surface area (Å²) < 4.78 is 3.01. The lowest BCUT2D eigenvalue weighted by molar-refractivity contribution is 0.0793. The zero-order valence-corrected chi connectivity index (χ0v) is 12.7. The third-order valence-corrected chi connectivity index (χ3v) is 4.25. The first-order valence-corrected chi connectivity index (χ1v) is 7.35. The summed E-state index contributed by atoms with van der Waals surface area (Å²) in [5.41, 5.74) is 0.743. The summed E-state index contributed by atoms with van der Waals surface area (Å²) in [5.74, 6) is 1.07. The molecule has 1 aromatic carbocycles. The van der Waals surface area contributed by atoms with Gasteiger partial charge < -0.3 is 4.57 Å². The van der Waals surface area contributed by atoms with Gasteiger partial charge in [-0.3, -0.25) is 9.69 Å². The summed E-state index contributed by atoms with van der Waals surface area (Å²) in [4.78, 5) is 14.7. The zero-order valence-electron chi connectivity index (χ0n) is 11.2. The van der Waals surface area contributed by atoms with E-state index in [0.717, 1.165) is 29.0 Å². The Morgan fingerprint density at radius 1 is 1.30 bits per heavy atom. The highest BCUT2D eigenvalue weighted by Crippen LogP contribution is 2.17. The molecule has 5 nitrogen and oxygen atoms in total. The fourth-order valence-electron chi connectivity index (χ4n) is 2.44. The quantitative estimate of drug-likeness (QED) is 0.807. The number of fused-ring (bicyclic) bond motifs is 1. The van der Waals surface area contributed by atoms with Crippen LogP contribution in [0.5, 0.6) is 0 Å². The van der Waals surface area contributed by atoms with E-state index in [4.69, 9.17) is 0 Å². The Labute approximate surface area is 125 Å². The third kappa shape index (κ3) is 2.53. The van der Waals surface area contributed by atoms with Gasteiger partial charge in [0.1, 0.15) is 12.2 Å². The average Bonchev–Trinajstić information content (AvgIpc) is 2.94. The maximum absolute atomic E-state index is 12.5. The summed E-state index contributed by atoms with van der Waals surface area (Å²) in [6, 6.07) is 7.35. The minimum Gasteiger partial charge on any atom is -0.315 e. The van der Waals surface area contributed by atoms with Crippen LogP contribution in [-0.4, -0.2) is 38.0 Å². The fourth-order valence-corrected chi connectivity index (χ4v) is 2.70. The molecule has 0 radical (unpaired) electrons. The minimum absolute atomic E-state index is 0.144.